The van der Waals surface area contributed by atoms with E-state index in [0.29, 0.717) is 5.56 Å². The Hall–Kier alpha value is -2.29. The van der Waals surface area contributed by atoms with Gasteiger partial charge in [-0.1, -0.05) is 12.1 Å². The summed E-state index contributed by atoms with van der Waals surface area (Å²) in [5, 5.41) is 0. The summed E-state index contributed by atoms with van der Waals surface area (Å²) in [6.45, 7) is 3.83. The van der Waals surface area contributed by atoms with E-state index in [1.54, 1.807) is 31.2 Å². The first-order valence-electron chi connectivity index (χ1n) is 5.96. The zero-order valence-corrected chi connectivity index (χ0v) is 11.1. The summed E-state index contributed by atoms with van der Waals surface area (Å²) in [5.74, 6) is 0.708. The summed E-state index contributed by atoms with van der Waals surface area (Å²) >= 11 is 0. The lowest BCUT2D eigenvalue weighted by atomic mass is 10.1. The van der Waals surface area contributed by atoms with Crippen molar-refractivity contribution >= 4 is 11.6 Å². The van der Waals surface area contributed by atoms with E-state index in [-0.39, 0.29) is 5.91 Å². The molecular formula is C16H16NO2. The van der Waals surface area contributed by atoms with Gasteiger partial charge in [0, 0.05) is 18.3 Å². The summed E-state index contributed by atoms with van der Waals surface area (Å²) < 4.78 is 5.10. The fourth-order valence-electron chi connectivity index (χ4n) is 1.82. The number of hydrogen-bond donors (Lipinski definition) is 0. The van der Waals surface area contributed by atoms with E-state index in [1.165, 1.54) is 0 Å². The maximum absolute atomic E-state index is 12.3. The van der Waals surface area contributed by atoms with Gasteiger partial charge in [0.25, 0.3) is 5.91 Å². The van der Waals surface area contributed by atoms with Crippen molar-refractivity contribution in [2.24, 2.45) is 0 Å². The minimum absolute atomic E-state index is 0.0596. The highest BCUT2D eigenvalue weighted by atomic mass is 16.5. The summed E-state index contributed by atoms with van der Waals surface area (Å²) in [4.78, 5) is 13.9. The van der Waals surface area contributed by atoms with Gasteiger partial charge in [-0.15, -0.1) is 0 Å². The van der Waals surface area contributed by atoms with E-state index >= 15 is 0 Å². The van der Waals surface area contributed by atoms with E-state index in [0.717, 1.165) is 17.0 Å². The minimum Gasteiger partial charge on any atom is -0.497 e. The predicted octanol–water partition coefficient (Wildman–Crippen LogP) is 3.15. The number of ether oxygens (including phenoxy) is 1. The molecule has 0 bridgehead atoms. The van der Waals surface area contributed by atoms with Crippen LogP contribution >= 0.6 is 0 Å². The Morgan fingerprint density at radius 2 is 1.84 bits per heavy atom. The van der Waals surface area contributed by atoms with Gasteiger partial charge in [0.2, 0.25) is 0 Å². The SMILES string of the molecule is [CH2]c1cccc(C(=O)N(C)c2ccc(OC)cc2)c1. The van der Waals surface area contributed by atoms with Gasteiger partial charge >= 0.3 is 0 Å². The third kappa shape index (κ3) is 2.94. The first-order chi connectivity index (χ1) is 9.11. The van der Waals surface area contributed by atoms with E-state index < -0.39 is 0 Å². The number of methoxy groups -OCH3 is 1. The fourth-order valence-corrected chi connectivity index (χ4v) is 1.82. The number of rotatable bonds is 3. The van der Waals surface area contributed by atoms with Gasteiger partial charge in [-0.05, 0) is 48.9 Å². The lowest BCUT2D eigenvalue weighted by molar-refractivity contribution is 0.0993. The molecule has 97 valence electrons. The average molecular weight is 254 g/mol. The number of anilines is 1. The Morgan fingerprint density at radius 3 is 2.42 bits per heavy atom. The van der Waals surface area contributed by atoms with Gasteiger partial charge in [0.05, 0.1) is 7.11 Å². The van der Waals surface area contributed by atoms with Gasteiger partial charge < -0.3 is 9.64 Å². The van der Waals surface area contributed by atoms with Crippen LogP contribution in [0.2, 0.25) is 0 Å². The number of benzene rings is 2. The highest BCUT2D eigenvalue weighted by molar-refractivity contribution is 6.05. The van der Waals surface area contributed by atoms with Crippen LogP contribution in [0.25, 0.3) is 0 Å². The number of nitrogens with zero attached hydrogens (tertiary/aromatic N) is 1. The lowest BCUT2D eigenvalue weighted by Crippen LogP contribution is -2.26. The highest BCUT2D eigenvalue weighted by Gasteiger charge is 2.13. The molecule has 2 aromatic rings. The monoisotopic (exact) mass is 254 g/mol. The van der Waals surface area contributed by atoms with Crippen molar-refractivity contribution in [2.45, 2.75) is 0 Å². The molecule has 0 heterocycles. The summed E-state index contributed by atoms with van der Waals surface area (Å²) in [5.41, 5.74) is 2.28. The van der Waals surface area contributed by atoms with Crippen LogP contribution in [-0.4, -0.2) is 20.1 Å². The molecule has 0 aromatic heterocycles. The first kappa shape index (κ1) is 13.1. The molecule has 0 spiro atoms. The molecule has 0 N–H and O–H groups in total. The smallest absolute Gasteiger partial charge is 0.258 e. The first-order valence-corrected chi connectivity index (χ1v) is 5.96. The van der Waals surface area contributed by atoms with Crippen molar-refractivity contribution in [3.8, 4) is 5.75 Å². The Balaban J connectivity index is 2.23. The highest BCUT2D eigenvalue weighted by Crippen LogP contribution is 2.20. The minimum atomic E-state index is -0.0596. The molecule has 0 unspecified atom stereocenters. The molecule has 19 heavy (non-hydrogen) atoms. The molecule has 2 aromatic carbocycles. The van der Waals surface area contributed by atoms with Gasteiger partial charge in [-0.25, -0.2) is 0 Å². The second kappa shape index (κ2) is 5.57. The Morgan fingerprint density at radius 1 is 1.16 bits per heavy atom. The zero-order chi connectivity index (χ0) is 13.8. The van der Waals surface area contributed by atoms with Crippen molar-refractivity contribution in [3.63, 3.8) is 0 Å². The van der Waals surface area contributed by atoms with Crippen LogP contribution in [0.15, 0.2) is 48.5 Å². The van der Waals surface area contributed by atoms with Crippen molar-refractivity contribution < 1.29 is 9.53 Å². The van der Waals surface area contributed by atoms with Crippen LogP contribution in [0.5, 0.6) is 5.75 Å². The molecule has 1 radical (unpaired) electrons. The van der Waals surface area contributed by atoms with Crippen LogP contribution in [0.1, 0.15) is 15.9 Å². The topological polar surface area (TPSA) is 29.5 Å². The average Bonchev–Trinajstić information content (AvgIpc) is 2.46. The largest absolute Gasteiger partial charge is 0.497 e. The lowest BCUT2D eigenvalue weighted by Gasteiger charge is -2.18. The Labute approximate surface area is 113 Å². The van der Waals surface area contributed by atoms with E-state index in [2.05, 4.69) is 6.92 Å². The molecule has 0 aliphatic rings. The van der Waals surface area contributed by atoms with Gasteiger partial charge in [-0.3, -0.25) is 4.79 Å². The molecular weight excluding hydrogens is 238 g/mol. The molecule has 3 nitrogen and oxygen atoms in total. The van der Waals surface area contributed by atoms with Crippen molar-refractivity contribution in [1.82, 2.24) is 0 Å². The molecule has 0 fully saturated rings. The number of hydrogen-bond acceptors (Lipinski definition) is 2. The summed E-state index contributed by atoms with van der Waals surface area (Å²) in [7, 11) is 3.36. The number of carbonyl (C=O) groups is 1. The summed E-state index contributed by atoms with van der Waals surface area (Å²) in [6.07, 6.45) is 0. The molecule has 0 saturated heterocycles. The van der Waals surface area contributed by atoms with Gasteiger partial charge in [-0.2, -0.15) is 0 Å². The fraction of sp³-hybridized carbons (Fsp3) is 0.125. The van der Waals surface area contributed by atoms with Crippen LogP contribution in [0.4, 0.5) is 5.69 Å². The molecule has 0 saturated carbocycles. The standard InChI is InChI=1S/C16H16NO2/c1-12-5-4-6-13(11-12)16(18)17(2)14-7-9-15(19-3)10-8-14/h4-11H,1H2,2-3H3. The van der Waals surface area contributed by atoms with Crippen LogP contribution in [-0.2, 0) is 0 Å². The van der Waals surface area contributed by atoms with Crippen molar-refractivity contribution in [1.29, 1.82) is 0 Å². The Kier molecular flexibility index (Phi) is 3.85. The third-order valence-corrected chi connectivity index (χ3v) is 2.94. The Bertz CT molecular complexity index is 576. The number of amides is 1. The van der Waals surface area contributed by atoms with E-state index in [4.69, 9.17) is 4.74 Å². The second-order valence-electron chi connectivity index (χ2n) is 4.26. The van der Waals surface area contributed by atoms with Gasteiger partial charge in [0.1, 0.15) is 5.75 Å². The third-order valence-electron chi connectivity index (χ3n) is 2.94. The maximum atomic E-state index is 12.3. The van der Waals surface area contributed by atoms with E-state index in [9.17, 15) is 4.79 Å². The molecule has 0 aliphatic carbocycles. The zero-order valence-electron chi connectivity index (χ0n) is 11.1. The van der Waals surface area contributed by atoms with Crippen LogP contribution < -0.4 is 9.64 Å². The normalized spacial score (nSPS) is 10.1. The molecule has 1 amide bonds. The van der Waals surface area contributed by atoms with Gasteiger partial charge in [0.15, 0.2) is 0 Å². The van der Waals surface area contributed by atoms with Crippen molar-refractivity contribution in [3.05, 3.63) is 66.6 Å². The van der Waals surface area contributed by atoms with Crippen LogP contribution in [0, 0.1) is 6.92 Å². The quantitative estimate of drug-likeness (QED) is 0.842. The van der Waals surface area contributed by atoms with E-state index in [1.807, 2.05) is 36.4 Å². The number of carbonyl (C=O) groups excluding carboxylic acids is 1. The van der Waals surface area contributed by atoms with Crippen LogP contribution in [0.3, 0.4) is 0 Å². The molecule has 0 atom stereocenters. The molecule has 3 heteroatoms. The second-order valence-corrected chi connectivity index (χ2v) is 4.26. The molecule has 2 rings (SSSR count). The summed E-state index contributed by atoms with van der Waals surface area (Å²) in [6, 6.07) is 14.6. The predicted molar refractivity (Wildman–Crippen MR) is 76.6 cm³/mol. The molecule has 0 aliphatic heterocycles. The van der Waals surface area contributed by atoms with Crippen molar-refractivity contribution in [2.75, 3.05) is 19.1 Å². The maximum Gasteiger partial charge on any atom is 0.258 e.